The molecule has 1 heterocycles. The number of primary amides is 1. The van der Waals surface area contributed by atoms with Crippen LogP contribution in [0, 0.1) is 0 Å². The van der Waals surface area contributed by atoms with Crippen LogP contribution in [0.4, 0.5) is 10.7 Å². The number of anilines is 2. The van der Waals surface area contributed by atoms with Gasteiger partial charge in [0.15, 0.2) is 5.75 Å². The van der Waals surface area contributed by atoms with Crippen molar-refractivity contribution >= 4 is 27.9 Å². The lowest BCUT2D eigenvalue weighted by Gasteiger charge is -2.17. The van der Waals surface area contributed by atoms with Crippen molar-refractivity contribution in [2.75, 3.05) is 11.1 Å². The van der Waals surface area contributed by atoms with Gasteiger partial charge >= 0.3 is 0 Å². The molecule has 108 valence electrons. The smallest absolute Gasteiger partial charge is 0.261 e. The van der Waals surface area contributed by atoms with Crippen molar-refractivity contribution in [2.24, 2.45) is 5.73 Å². The lowest BCUT2D eigenvalue weighted by atomic mass is 10.2. The van der Waals surface area contributed by atoms with E-state index in [0.717, 1.165) is 17.8 Å². The molecule has 5 N–H and O–H groups in total. The van der Waals surface area contributed by atoms with E-state index >= 15 is 0 Å². The molecule has 0 aliphatic carbocycles. The number of carbonyl (C=O) groups is 1. The van der Waals surface area contributed by atoms with E-state index in [4.69, 9.17) is 16.2 Å². The number of amides is 1. The number of rotatable bonds is 7. The Bertz CT molecular complexity index is 439. The van der Waals surface area contributed by atoms with Gasteiger partial charge in [0.1, 0.15) is 15.6 Å². The lowest BCUT2D eigenvalue weighted by molar-refractivity contribution is 0.100. The van der Waals surface area contributed by atoms with Gasteiger partial charge in [-0.2, -0.15) is 0 Å². The quantitative estimate of drug-likeness (QED) is 0.718. The van der Waals surface area contributed by atoms with Crippen molar-refractivity contribution in [1.29, 1.82) is 0 Å². The first kappa shape index (κ1) is 15.6. The molecule has 0 saturated carbocycles. The summed E-state index contributed by atoms with van der Waals surface area (Å²) in [5, 5.41) is 4.16. The zero-order chi connectivity index (χ0) is 14.6. The predicted molar refractivity (Wildman–Crippen MR) is 81.0 cm³/mol. The number of hydrogen-bond donors (Lipinski definition) is 3. The highest BCUT2D eigenvalue weighted by Gasteiger charge is 2.22. The SMILES string of the molecule is CCC(CC)Nc1sc(C(N)=O)c(N)c1OC(C)C. The summed E-state index contributed by atoms with van der Waals surface area (Å²) in [4.78, 5) is 11.7. The molecule has 19 heavy (non-hydrogen) atoms. The molecule has 0 bridgehead atoms. The summed E-state index contributed by atoms with van der Waals surface area (Å²) in [7, 11) is 0. The fourth-order valence-electron chi connectivity index (χ4n) is 1.74. The predicted octanol–water partition coefficient (Wildman–Crippen LogP) is 2.82. The number of hydrogen-bond acceptors (Lipinski definition) is 5. The van der Waals surface area contributed by atoms with Crippen molar-refractivity contribution in [3.8, 4) is 5.75 Å². The van der Waals surface area contributed by atoms with Crippen LogP contribution in [-0.2, 0) is 0 Å². The van der Waals surface area contributed by atoms with Crippen molar-refractivity contribution in [3.63, 3.8) is 0 Å². The van der Waals surface area contributed by atoms with E-state index in [1.54, 1.807) is 0 Å². The third-order valence-corrected chi connectivity index (χ3v) is 3.93. The molecular weight excluding hydrogens is 262 g/mol. The molecular formula is C13H23N3O2S. The van der Waals surface area contributed by atoms with Crippen LogP contribution in [-0.4, -0.2) is 18.1 Å². The summed E-state index contributed by atoms with van der Waals surface area (Å²) >= 11 is 1.26. The molecule has 0 spiro atoms. The number of nitrogen functional groups attached to an aromatic ring is 1. The topological polar surface area (TPSA) is 90.4 Å². The second-order valence-corrected chi connectivity index (χ2v) is 5.71. The molecule has 5 nitrogen and oxygen atoms in total. The Hall–Kier alpha value is -1.43. The third kappa shape index (κ3) is 3.76. The number of ether oxygens (including phenoxy) is 1. The normalized spacial score (nSPS) is 11.1. The largest absolute Gasteiger partial charge is 0.486 e. The van der Waals surface area contributed by atoms with Gasteiger partial charge in [0.25, 0.3) is 5.91 Å². The number of thiophene rings is 1. The summed E-state index contributed by atoms with van der Waals surface area (Å²) in [5.41, 5.74) is 11.6. The van der Waals surface area contributed by atoms with Gasteiger partial charge in [-0.15, -0.1) is 11.3 Å². The maximum absolute atomic E-state index is 11.4. The summed E-state index contributed by atoms with van der Waals surface area (Å²) < 4.78 is 5.71. The standard InChI is InChI=1S/C13H23N3O2S/c1-5-8(6-2)16-13-10(18-7(3)4)9(14)11(19-13)12(15)17/h7-8,16H,5-6,14H2,1-4H3,(H2,15,17). The van der Waals surface area contributed by atoms with E-state index < -0.39 is 5.91 Å². The Kier molecular flexibility index (Phi) is 5.47. The first-order valence-corrected chi connectivity index (χ1v) is 7.37. The van der Waals surface area contributed by atoms with Crippen molar-refractivity contribution in [1.82, 2.24) is 0 Å². The molecule has 6 heteroatoms. The number of nitrogens with two attached hydrogens (primary N) is 2. The van der Waals surface area contributed by atoms with Crippen LogP contribution in [0.5, 0.6) is 5.75 Å². The van der Waals surface area contributed by atoms with E-state index in [-0.39, 0.29) is 6.10 Å². The van der Waals surface area contributed by atoms with Crippen LogP contribution in [0.1, 0.15) is 50.2 Å². The minimum Gasteiger partial charge on any atom is -0.486 e. The van der Waals surface area contributed by atoms with Crippen molar-refractivity contribution in [3.05, 3.63) is 4.88 Å². The fraction of sp³-hybridized carbons (Fsp3) is 0.615. The van der Waals surface area contributed by atoms with Crippen LogP contribution < -0.4 is 21.5 Å². The van der Waals surface area contributed by atoms with Gasteiger partial charge in [-0.25, -0.2) is 0 Å². The van der Waals surface area contributed by atoms with Gasteiger partial charge in [-0.1, -0.05) is 13.8 Å². The first-order chi connectivity index (χ1) is 8.90. The fourth-order valence-corrected chi connectivity index (χ4v) is 2.72. The minimum atomic E-state index is -0.520. The first-order valence-electron chi connectivity index (χ1n) is 6.55. The van der Waals surface area contributed by atoms with E-state index in [1.807, 2.05) is 13.8 Å². The maximum atomic E-state index is 11.4. The molecule has 0 unspecified atom stereocenters. The maximum Gasteiger partial charge on any atom is 0.261 e. The van der Waals surface area contributed by atoms with Crippen LogP contribution in [0.3, 0.4) is 0 Å². The van der Waals surface area contributed by atoms with Gasteiger partial charge in [0.2, 0.25) is 0 Å². The highest BCUT2D eigenvalue weighted by molar-refractivity contribution is 7.19. The summed E-state index contributed by atoms with van der Waals surface area (Å²) in [6.07, 6.45) is 1.96. The number of nitrogens with one attached hydrogen (secondary N) is 1. The van der Waals surface area contributed by atoms with Gasteiger partial charge in [-0.05, 0) is 26.7 Å². The summed E-state index contributed by atoms with van der Waals surface area (Å²) in [5.74, 6) is 0.0226. The second-order valence-electron chi connectivity index (χ2n) is 4.69. The Labute approximate surface area is 118 Å². The van der Waals surface area contributed by atoms with Crippen molar-refractivity contribution < 1.29 is 9.53 Å². The molecule has 0 fully saturated rings. The van der Waals surface area contributed by atoms with Gasteiger partial charge < -0.3 is 21.5 Å². The van der Waals surface area contributed by atoms with E-state index in [0.29, 0.717) is 22.4 Å². The Balaban J connectivity index is 3.13. The minimum absolute atomic E-state index is 0.0140. The zero-order valence-corrected chi connectivity index (χ0v) is 12.8. The molecule has 0 atom stereocenters. The molecule has 0 aliphatic heterocycles. The Morgan fingerprint density at radius 1 is 1.37 bits per heavy atom. The highest BCUT2D eigenvalue weighted by atomic mass is 32.1. The molecule has 1 aromatic rings. The molecule has 0 aromatic carbocycles. The van der Waals surface area contributed by atoms with Crippen molar-refractivity contribution in [2.45, 2.75) is 52.7 Å². The molecule has 1 aromatic heterocycles. The molecule has 0 radical (unpaired) electrons. The van der Waals surface area contributed by atoms with E-state index in [2.05, 4.69) is 19.2 Å². The summed E-state index contributed by atoms with van der Waals surface area (Å²) in [6, 6.07) is 0.327. The van der Waals surface area contributed by atoms with E-state index in [1.165, 1.54) is 11.3 Å². The van der Waals surface area contributed by atoms with Gasteiger partial charge in [-0.3, -0.25) is 4.79 Å². The molecule has 1 amide bonds. The van der Waals surface area contributed by atoms with E-state index in [9.17, 15) is 4.79 Å². The van der Waals surface area contributed by atoms with Gasteiger partial charge in [0.05, 0.1) is 6.10 Å². The second kappa shape index (κ2) is 6.65. The summed E-state index contributed by atoms with van der Waals surface area (Å²) in [6.45, 7) is 8.05. The van der Waals surface area contributed by atoms with Crippen LogP contribution in [0.15, 0.2) is 0 Å². The highest BCUT2D eigenvalue weighted by Crippen LogP contribution is 2.43. The lowest BCUT2D eigenvalue weighted by Crippen LogP contribution is -2.17. The number of carbonyl (C=O) groups excluding carboxylic acids is 1. The average Bonchev–Trinajstić information content (AvgIpc) is 2.64. The Morgan fingerprint density at radius 2 is 1.95 bits per heavy atom. The average molecular weight is 285 g/mol. The molecule has 0 aliphatic rings. The monoisotopic (exact) mass is 285 g/mol. The molecule has 0 saturated heterocycles. The molecule has 1 rings (SSSR count). The van der Waals surface area contributed by atoms with Crippen LogP contribution >= 0.6 is 11.3 Å². The zero-order valence-electron chi connectivity index (χ0n) is 11.9. The van der Waals surface area contributed by atoms with Crippen LogP contribution in [0.25, 0.3) is 0 Å². The van der Waals surface area contributed by atoms with Gasteiger partial charge in [0, 0.05) is 6.04 Å². The Morgan fingerprint density at radius 3 is 2.37 bits per heavy atom. The van der Waals surface area contributed by atoms with Crippen LogP contribution in [0.2, 0.25) is 0 Å². The third-order valence-electron chi connectivity index (χ3n) is 2.80.